The Morgan fingerprint density at radius 2 is 1.52 bits per heavy atom. The lowest BCUT2D eigenvalue weighted by atomic mass is 10.0. The van der Waals surface area contributed by atoms with E-state index in [0.717, 1.165) is 27.8 Å². The van der Waals surface area contributed by atoms with Crippen molar-refractivity contribution in [3.05, 3.63) is 106 Å². The largest absolute Gasteiger partial charge is 0.355 e. The first-order chi connectivity index (χ1) is 15.9. The molecule has 3 aromatic carbocycles. The van der Waals surface area contributed by atoms with E-state index >= 15 is 0 Å². The van der Waals surface area contributed by atoms with Gasteiger partial charge in [0.1, 0.15) is 11.9 Å². The number of hydrogen-bond donors (Lipinski definition) is 1. The van der Waals surface area contributed by atoms with Gasteiger partial charge in [-0.25, -0.2) is 4.39 Å². The van der Waals surface area contributed by atoms with Gasteiger partial charge >= 0.3 is 0 Å². The van der Waals surface area contributed by atoms with Crippen LogP contribution in [0.15, 0.2) is 72.8 Å². The molecular weight excluding hydrogens is 415 g/mol. The number of carbonyl (C=O) groups is 2. The van der Waals surface area contributed by atoms with Crippen molar-refractivity contribution in [1.29, 1.82) is 0 Å². The molecule has 0 aliphatic heterocycles. The standard InChI is InChI=1S/C28H31FN2O2/c1-4-30-28(33)26(17-22-8-6-5-7-9-22)31(19-23-10-12-25(29)13-11-23)27(32)18-24-15-20(2)14-21(3)16-24/h5-16,26H,4,17-19H2,1-3H3,(H,30,33)/t26-/m0/s1. The van der Waals surface area contributed by atoms with E-state index in [1.807, 2.05) is 63.2 Å². The predicted molar refractivity (Wildman–Crippen MR) is 129 cm³/mol. The van der Waals surface area contributed by atoms with Crippen molar-refractivity contribution < 1.29 is 14.0 Å². The fraction of sp³-hybridized carbons (Fsp3) is 0.286. The molecule has 0 bridgehead atoms. The lowest BCUT2D eigenvalue weighted by molar-refractivity contribution is -0.140. The summed E-state index contributed by atoms with van der Waals surface area (Å²) in [5.74, 6) is -0.676. The van der Waals surface area contributed by atoms with Gasteiger partial charge in [-0.3, -0.25) is 9.59 Å². The van der Waals surface area contributed by atoms with E-state index in [-0.39, 0.29) is 30.6 Å². The summed E-state index contributed by atoms with van der Waals surface area (Å²) in [5, 5.41) is 2.89. The summed E-state index contributed by atoms with van der Waals surface area (Å²) in [7, 11) is 0. The van der Waals surface area contributed by atoms with Gasteiger partial charge in [-0.1, -0.05) is 71.8 Å². The molecule has 0 saturated carbocycles. The van der Waals surface area contributed by atoms with Crippen LogP contribution < -0.4 is 5.32 Å². The second-order valence-electron chi connectivity index (χ2n) is 8.42. The van der Waals surface area contributed by atoms with E-state index in [0.29, 0.717) is 13.0 Å². The molecule has 1 N–H and O–H groups in total. The SMILES string of the molecule is CCNC(=O)[C@H](Cc1ccccc1)N(Cc1ccc(F)cc1)C(=O)Cc1cc(C)cc(C)c1. The molecule has 5 heteroatoms. The number of likely N-dealkylation sites (N-methyl/N-ethyl adjacent to an activating group) is 1. The quantitative estimate of drug-likeness (QED) is 0.515. The Morgan fingerprint density at radius 3 is 2.12 bits per heavy atom. The van der Waals surface area contributed by atoms with E-state index in [2.05, 4.69) is 11.4 Å². The Balaban J connectivity index is 1.96. The zero-order valence-corrected chi connectivity index (χ0v) is 19.5. The van der Waals surface area contributed by atoms with Crippen molar-refractivity contribution >= 4 is 11.8 Å². The third kappa shape index (κ3) is 7.01. The highest BCUT2D eigenvalue weighted by Crippen LogP contribution is 2.18. The number of halogens is 1. The number of carbonyl (C=O) groups excluding carboxylic acids is 2. The molecule has 2 amide bonds. The molecule has 0 radical (unpaired) electrons. The molecule has 33 heavy (non-hydrogen) atoms. The Kier molecular flexibility index (Phi) is 8.36. The lowest BCUT2D eigenvalue weighted by Crippen LogP contribution is -2.50. The number of rotatable bonds is 9. The van der Waals surface area contributed by atoms with Gasteiger partial charge in [0.25, 0.3) is 0 Å². The lowest BCUT2D eigenvalue weighted by Gasteiger charge is -2.31. The van der Waals surface area contributed by atoms with Crippen LogP contribution in [0.5, 0.6) is 0 Å². The smallest absolute Gasteiger partial charge is 0.243 e. The summed E-state index contributed by atoms with van der Waals surface area (Å²) in [6, 6.07) is 21.1. The molecule has 4 nitrogen and oxygen atoms in total. The van der Waals surface area contributed by atoms with Crippen molar-refractivity contribution in [3.63, 3.8) is 0 Å². The average molecular weight is 447 g/mol. The second-order valence-corrected chi connectivity index (χ2v) is 8.42. The fourth-order valence-electron chi connectivity index (χ4n) is 4.08. The number of benzene rings is 3. The molecular formula is C28H31FN2O2. The van der Waals surface area contributed by atoms with Crippen LogP contribution in [0.2, 0.25) is 0 Å². The monoisotopic (exact) mass is 446 g/mol. The second kappa shape index (κ2) is 11.4. The van der Waals surface area contributed by atoms with Crippen LogP contribution in [-0.2, 0) is 29.0 Å². The first-order valence-electron chi connectivity index (χ1n) is 11.3. The molecule has 172 valence electrons. The molecule has 0 aliphatic carbocycles. The van der Waals surface area contributed by atoms with Crippen LogP contribution in [0.4, 0.5) is 4.39 Å². The summed E-state index contributed by atoms with van der Waals surface area (Å²) < 4.78 is 13.5. The van der Waals surface area contributed by atoms with Crippen LogP contribution in [-0.4, -0.2) is 29.3 Å². The zero-order valence-electron chi connectivity index (χ0n) is 19.5. The maximum Gasteiger partial charge on any atom is 0.243 e. The Labute approximate surface area is 195 Å². The highest BCUT2D eigenvalue weighted by molar-refractivity contribution is 5.88. The molecule has 0 aliphatic rings. The maximum absolute atomic E-state index is 13.6. The predicted octanol–water partition coefficient (Wildman–Crippen LogP) is 4.76. The molecule has 3 aromatic rings. The van der Waals surface area contributed by atoms with Crippen LogP contribution in [0.3, 0.4) is 0 Å². The molecule has 0 aromatic heterocycles. The van der Waals surface area contributed by atoms with E-state index in [1.165, 1.54) is 12.1 Å². The minimum atomic E-state index is -0.684. The van der Waals surface area contributed by atoms with E-state index in [4.69, 9.17) is 0 Å². The molecule has 3 rings (SSSR count). The van der Waals surface area contributed by atoms with Gasteiger partial charge in [0, 0.05) is 19.5 Å². The number of nitrogens with zero attached hydrogens (tertiary/aromatic N) is 1. The van der Waals surface area contributed by atoms with Gasteiger partial charge in [0.15, 0.2) is 0 Å². The highest BCUT2D eigenvalue weighted by Gasteiger charge is 2.30. The van der Waals surface area contributed by atoms with Crippen molar-refractivity contribution in [2.45, 2.75) is 46.2 Å². The van der Waals surface area contributed by atoms with Crippen molar-refractivity contribution in [2.24, 2.45) is 0 Å². The van der Waals surface area contributed by atoms with Crippen molar-refractivity contribution in [1.82, 2.24) is 10.2 Å². The van der Waals surface area contributed by atoms with Gasteiger partial charge < -0.3 is 10.2 Å². The molecule has 1 atom stereocenters. The van der Waals surface area contributed by atoms with Crippen LogP contribution in [0.1, 0.15) is 34.7 Å². The number of amides is 2. The van der Waals surface area contributed by atoms with Gasteiger partial charge in [0.2, 0.25) is 11.8 Å². The van der Waals surface area contributed by atoms with Crippen molar-refractivity contribution in [2.75, 3.05) is 6.54 Å². The van der Waals surface area contributed by atoms with Gasteiger partial charge in [-0.15, -0.1) is 0 Å². The summed E-state index contributed by atoms with van der Waals surface area (Å²) in [6.45, 7) is 6.56. The highest BCUT2D eigenvalue weighted by atomic mass is 19.1. The van der Waals surface area contributed by atoms with E-state index in [1.54, 1.807) is 17.0 Å². The summed E-state index contributed by atoms with van der Waals surface area (Å²) in [6.07, 6.45) is 0.584. The van der Waals surface area contributed by atoms with Crippen molar-refractivity contribution in [3.8, 4) is 0 Å². The third-order valence-corrected chi connectivity index (χ3v) is 5.53. The van der Waals surface area contributed by atoms with Crippen LogP contribution in [0, 0.1) is 19.7 Å². The first-order valence-corrected chi connectivity index (χ1v) is 11.3. The summed E-state index contributed by atoms with van der Waals surface area (Å²) in [5.41, 5.74) is 4.83. The minimum absolute atomic E-state index is 0.142. The maximum atomic E-state index is 13.6. The third-order valence-electron chi connectivity index (χ3n) is 5.53. The van der Waals surface area contributed by atoms with E-state index in [9.17, 15) is 14.0 Å². The van der Waals surface area contributed by atoms with E-state index < -0.39 is 6.04 Å². The van der Waals surface area contributed by atoms with Crippen LogP contribution in [0.25, 0.3) is 0 Å². The molecule has 0 spiro atoms. The van der Waals surface area contributed by atoms with Crippen LogP contribution >= 0.6 is 0 Å². The van der Waals surface area contributed by atoms with Gasteiger partial charge in [0.05, 0.1) is 6.42 Å². The molecule has 0 saturated heterocycles. The first kappa shape index (κ1) is 24.2. The topological polar surface area (TPSA) is 49.4 Å². The Hall–Kier alpha value is -3.47. The molecule has 0 fully saturated rings. The van der Waals surface area contributed by atoms with Gasteiger partial charge in [-0.2, -0.15) is 0 Å². The molecule has 0 unspecified atom stereocenters. The summed E-state index contributed by atoms with van der Waals surface area (Å²) in [4.78, 5) is 28.4. The fourth-order valence-corrected chi connectivity index (χ4v) is 4.08. The summed E-state index contributed by atoms with van der Waals surface area (Å²) >= 11 is 0. The zero-order chi connectivity index (χ0) is 23.8. The Bertz CT molecular complexity index is 1060. The number of aryl methyl sites for hydroxylation is 2. The number of nitrogens with one attached hydrogen (secondary N) is 1. The molecule has 0 heterocycles. The Morgan fingerprint density at radius 1 is 0.879 bits per heavy atom. The number of hydrogen-bond acceptors (Lipinski definition) is 2. The minimum Gasteiger partial charge on any atom is -0.355 e. The average Bonchev–Trinajstić information content (AvgIpc) is 2.77. The van der Waals surface area contributed by atoms with Gasteiger partial charge in [-0.05, 0) is 49.6 Å². The normalized spacial score (nSPS) is 11.6.